The molecule has 6 heteroatoms. The zero-order valence-corrected chi connectivity index (χ0v) is 21.7. The molecule has 2 aromatic carbocycles. The third kappa shape index (κ3) is 4.73. The van der Waals surface area contributed by atoms with Crippen molar-refractivity contribution in [2.75, 3.05) is 7.11 Å². The van der Waals surface area contributed by atoms with Crippen molar-refractivity contribution < 1.29 is 19.1 Å². The molecule has 0 spiro atoms. The number of nitrogens with zero attached hydrogens (tertiary/aromatic N) is 1. The largest absolute Gasteiger partial charge is 0.496 e. The van der Waals surface area contributed by atoms with Crippen LogP contribution >= 0.6 is 15.9 Å². The van der Waals surface area contributed by atoms with Gasteiger partial charge in [0.2, 0.25) is 0 Å². The molecule has 5 nitrogen and oxygen atoms in total. The van der Waals surface area contributed by atoms with Gasteiger partial charge in [-0.25, -0.2) is 0 Å². The number of rotatable bonds is 5. The molecule has 0 N–H and O–H groups in total. The second-order valence-electron chi connectivity index (χ2n) is 9.75. The maximum absolute atomic E-state index is 13.7. The molecule has 5 rings (SSSR count). The fraction of sp³-hybridized carbons (Fsp3) is 0.414. The highest BCUT2D eigenvalue weighted by molar-refractivity contribution is 9.10. The number of hydrogen-bond acceptors (Lipinski definition) is 5. The van der Waals surface area contributed by atoms with Crippen LogP contribution in [0.3, 0.4) is 0 Å². The molecule has 3 atom stereocenters. The quantitative estimate of drug-likeness (QED) is 0.409. The second kappa shape index (κ2) is 10.1. The lowest BCUT2D eigenvalue weighted by Crippen LogP contribution is -2.39. The molecule has 0 bridgehead atoms. The van der Waals surface area contributed by atoms with Gasteiger partial charge in [0.25, 0.3) is 0 Å². The highest BCUT2D eigenvalue weighted by Gasteiger charge is 2.45. The minimum atomic E-state index is -0.619. The van der Waals surface area contributed by atoms with Gasteiger partial charge in [-0.1, -0.05) is 36.4 Å². The topological polar surface area (TPSA) is 65.0 Å². The molecule has 1 unspecified atom stereocenters. The summed E-state index contributed by atoms with van der Waals surface area (Å²) in [6.07, 6.45) is 5.02. The summed E-state index contributed by atoms with van der Waals surface area (Å²) in [5.74, 6) is -0.473. The van der Waals surface area contributed by atoms with Gasteiger partial charge in [-0.05, 0) is 84.1 Å². The number of hydrogen-bond donors (Lipinski definition) is 0. The van der Waals surface area contributed by atoms with Crippen molar-refractivity contribution in [2.24, 2.45) is 10.9 Å². The van der Waals surface area contributed by atoms with Crippen molar-refractivity contribution >= 4 is 33.4 Å². The third-order valence-corrected chi connectivity index (χ3v) is 8.15. The van der Waals surface area contributed by atoms with E-state index in [2.05, 4.69) is 28.1 Å². The number of allylic oxidation sites excluding steroid dienone is 2. The summed E-state index contributed by atoms with van der Waals surface area (Å²) in [5, 5.41) is 0. The number of ether oxygens (including phenoxy) is 2. The van der Waals surface area contributed by atoms with Gasteiger partial charge in [0, 0.05) is 29.3 Å². The normalized spacial score (nSPS) is 24.7. The lowest BCUT2D eigenvalue weighted by atomic mass is 9.69. The van der Waals surface area contributed by atoms with Crippen molar-refractivity contribution in [1.82, 2.24) is 0 Å². The maximum atomic E-state index is 13.7. The number of esters is 1. The van der Waals surface area contributed by atoms with E-state index in [0.717, 1.165) is 47.0 Å². The van der Waals surface area contributed by atoms with E-state index in [1.165, 1.54) is 0 Å². The molecule has 3 aliphatic rings. The zero-order chi connectivity index (χ0) is 24.5. The Morgan fingerprint density at radius 1 is 1.03 bits per heavy atom. The summed E-state index contributed by atoms with van der Waals surface area (Å²) in [5.41, 5.74) is 4.21. The molecule has 182 valence electrons. The highest BCUT2D eigenvalue weighted by atomic mass is 79.9. The Labute approximate surface area is 214 Å². The van der Waals surface area contributed by atoms with Crippen LogP contribution in [0.2, 0.25) is 0 Å². The molecule has 1 heterocycles. The van der Waals surface area contributed by atoms with E-state index in [1.54, 1.807) is 7.11 Å². The first-order chi connectivity index (χ1) is 17.0. The van der Waals surface area contributed by atoms with Gasteiger partial charge >= 0.3 is 5.97 Å². The van der Waals surface area contributed by atoms with Crippen LogP contribution < -0.4 is 4.74 Å². The first-order valence-corrected chi connectivity index (χ1v) is 13.2. The number of carbonyl (C=O) groups is 2. The SMILES string of the molecule is COc1ccc([C@@H]2C3=C(C[C@H](c4ccccc4)CC3=O)N=C(C)C2C(=O)OC2CCCC2)cc1Br. The third-order valence-electron chi connectivity index (χ3n) is 7.53. The first kappa shape index (κ1) is 24.0. The summed E-state index contributed by atoms with van der Waals surface area (Å²) in [7, 11) is 1.62. The summed E-state index contributed by atoms with van der Waals surface area (Å²) in [6.45, 7) is 1.90. The Balaban J connectivity index is 1.56. The highest BCUT2D eigenvalue weighted by Crippen LogP contribution is 2.48. The van der Waals surface area contributed by atoms with Crippen LogP contribution in [0.4, 0.5) is 0 Å². The minimum Gasteiger partial charge on any atom is -0.496 e. The van der Waals surface area contributed by atoms with Crippen molar-refractivity contribution in [3.8, 4) is 5.75 Å². The van der Waals surface area contributed by atoms with E-state index in [0.29, 0.717) is 29.9 Å². The fourth-order valence-electron chi connectivity index (χ4n) is 5.81. The number of ketones is 1. The molecule has 35 heavy (non-hydrogen) atoms. The van der Waals surface area contributed by atoms with E-state index < -0.39 is 11.8 Å². The molecule has 2 aromatic rings. The van der Waals surface area contributed by atoms with Gasteiger partial charge in [0.15, 0.2) is 5.78 Å². The van der Waals surface area contributed by atoms with E-state index in [-0.39, 0.29) is 23.8 Å². The molecule has 1 aliphatic heterocycles. The average molecular weight is 536 g/mol. The van der Waals surface area contributed by atoms with E-state index in [4.69, 9.17) is 14.5 Å². The number of halogens is 1. The Hall–Kier alpha value is -2.73. The molecular formula is C29H30BrNO4. The second-order valence-corrected chi connectivity index (χ2v) is 10.6. The summed E-state index contributed by atoms with van der Waals surface area (Å²) >= 11 is 3.59. The fourth-order valence-corrected chi connectivity index (χ4v) is 6.36. The minimum absolute atomic E-state index is 0.0431. The summed E-state index contributed by atoms with van der Waals surface area (Å²) in [4.78, 5) is 32.1. The summed E-state index contributed by atoms with van der Waals surface area (Å²) in [6, 6.07) is 15.9. The Bertz CT molecular complexity index is 1200. The van der Waals surface area contributed by atoms with Gasteiger partial charge in [0.05, 0.1) is 11.6 Å². The van der Waals surface area contributed by atoms with Gasteiger partial charge in [0.1, 0.15) is 17.8 Å². The first-order valence-electron chi connectivity index (χ1n) is 12.4. The molecular weight excluding hydrogens is 506 g/mol. The standard InChI is InChI=1S/C29H30BrNO4/c1-17-26(29(33)35-21-10-6-7-11-21)27(19-12-13-25(34-2)22(30)14-19)28-23(31-17)15-20(16-24(28)32)18-8-4-3-5-9-18/h3-5,8-9,12-14,20-21,26-27H,6-7,10-11,15-16H2,1-2H3/t20-,26?,27-/m0/s1. The van der Waals surface area contributed by atoms with Crippen LogP contribution in [0, 0.1) is 5.92 Å². The van der Waals surface area contributed by atoms with Crippen molar-refractivity contribution in [1.29, 1.82) is 0 Å². The Morgan fingerprint density at radius 2 is 1.77 bits per heavy atom. The van der Waals surface area contributed by atoms with E-state index >= 15 is 0 Å². The lowest BCUT2D eigenvalue weighted by Gasteiger charge is -2.37. The molecule has 1 fully saturated rings. The number of carbonyl (C=O) groups excluding carboxylic acids is 2. The van der Waals surface area contributed by atoms with Crippen LogP contribution in [0.1, 0.15) is 68.4 Å². The number of methoxy groups -OCH3 is 1. The smallest absolute Gasteiger partial charge is 0.315 e. The van der Waals surface area contributed by atoms with Gasteiger partial charge in [-0.15, -0.1) is 0 Å². The van der Waals surface area contributed by atoms with Crippen molar-refractivity contribution in [2.45, 2.75) is 63.4 Å². The predicted molar refractivity (Wildman–Crippen MR) is 139 cm³/mol. The number of Topliss-reactive ketones (excluding diaryl/α,β-unsaturated/α-hetero) is 1. The van der Waals surface area contributed by atoms with Crippen LogP contribution in [-0.4, -0.2) is 30.7 Å². The van der Waals surface area contributed by atoms with Crippen molar-refractivity contribution in [3.63, 3.8) is 0 Å². The molecule has 0 aromatic heterocycles. The summed E-state index contributed by atoms with van der Waals surface area (Å²) < 4.78 is 12.2. The van der Waals surface area contributed by atoms with Crippen LogP contribution in [0.5, 0.6) is 5.75 Å². The van der Waals surface area contributed by atoms with Crippen molar-refractivity contribution in [3.05, 3.63) is 75.4 Å². The zero-order valence-electron chi connectivity index (χ0n) is 20.1. The average Bonchev–Trinajstić information content (AvgIpc) is 3.36. The van der Waals surface area contributed by atoms with Gasteiger partial charge in [-0.2, -0.15) is 0 Å². The Morgan fingerprint density at radius 3 is 2.46 bits per heavy atom. The van der Waals surface area contributed by atoms with Crippen LogP contribution in [0.15, 0.2) is 69.3 Å². The monoisotopic (exact) mass is 535 g/mol. The lowest BCUT2D eigenvalue weighted by molar-refractivity contribution is -0.151. The van der Waals surface area contributed by atoms with Crippen LogP contribution in [0.25, 0.3) is 0 Å². The molecule has 0 amide bonds. The van der Waals surface area contributed by atoms with Crippen LogP contribution in [-0.2, 0) is 14.3 Å². The van der Waals surface area contributed by atoms with Gasteiger partial charge < -0.3 is 9.47 Å². The molecule has 1 saturated carbocycles. The predicted octanol–water partition coefficient (Wildman–Crippen LogP) is 6.52. The molecule has 0 saturated heterocycles. The number of aliphatic imine (C=N–C) groups is 1. The van der Waals surface area contributed by atoms with E-state index in [9.17, 15) is 9.59 Å². The maximum Gasteiger partial charge on any atom is 0.315 e. The van der Waals surface area contributed by atoms with E-state index in [1.807, 2.05) is 43.3 Å². The molecule has 2 aliphatic carbocycles. The molecule has 0 radical (unpaired) electrons. The van der Waals surface area contributed by atoms with Gasteiger partial charge in [-0.3, -0.25) is 14.6 Å². The number of benzene rings is 2. The Kier molecular flexibility index (Phi) is 6.92.